The van der Waals surface area contributed by atoms with Gasteiger partial charge in [0.1, 0.15) is 5.75 Å². The number of carbonyl (C=O) groups excluding carboxylic acids is 2. The van der Waals surface area contributed by atoms with Gasteiger partial charge in [-0.15, -0.1) is 0 Å². The van der Waals surface area contributed by atoms with Gasteiger partial charge in [-0.2, -0.15) is 0 Å². The summed E-state index contributed by atoms with van der Waals surface area (Å²) in [6, 6.07) is 29.8. The van der Waals surface area contributed by atoms with Crippen molar-refractivity contribution in [1.82, 2.24) is 0 Å². The summed E-state index contributed by atoms with van der Waals surface area (Å²) in [6.07, 6.45) is 1.62. The molecule has 1 heterocycles. The zero-order valence-corrected chi connectivity index (χ0v) is 26.1. The number of fused-ring (bicyclic) bond motifs is 1. The molecule has 0 unspecified atom stereocenters. The Labute approximate surface area is 264 Å². The van der Waals surface area contributed by atoms with Gasteiger partial charge in [0.2, 0.25) is 0 Å². The van der Waals surface area contributed by atoms with Crippen LogP contribution in [0.15, 0.2) is 108 Å². The summed E-state index contributed by atoms with van der Waals surface area (Å²) < 4.78 is 17.5. The number of methoxy groups -OCH3 is 2. The number of hydrogen-bond donors (Lipinski definition) is 1. The van der Waals surface area contributed by atoms with Crippen molar-refractivity contribution in [2.24, 2.45) is 0 Å². The fraction of sp³-hybridized carbons (Fsp3) is 0.263. The average molecular weight is 603 g/mol. The van der Waals surface area contributed by atoms with Gasteiger partial charge in [0, 0.05) is 28.8 Å². The van der Waals surface area contributed by atoms with E-state index in [-0.39, 0.29) is 30.1 Å². The maximum atomic E-state index is 14.6. The monoisotopic (exact) mass is 602 g/mol. The number of amides is 1. The van der Waals surface area contributed by atoms with Crippen molar-refractivity contribution in [3.8, 4) is 17.2 Å². The molecule has 0 saturated heterocycles. The number of nitrogens with one attached hydrogen (secondary N) is 1. The average Bonchev–Trinajstić information content (AvgIpc) is 3.22. The number of anilines is 2. The highest BCUT2D eigenvalue weighted by atomic mass is 16.5. The Morgan fingerprint density at radius 3 is 2.33 bits per heavy atom. The van der Waals surface area contributed by atoms with Gasteiger partial charge in [0.15, 0.2) is 17.3 Å². The van der Waals surface area contributed by atoms with Crippen LogP contribution in [0.3, 0.4) is 0 Å². The first-order chi connectivity index (χ1) is 21.9. The van der Waals surface area contributed by atoms with Crippen LogP contribution in [0.4, 0.5) is 11.4 Å². The molecule has 7 heteroatoms. The van der Waals surface area contributed by atoms with Gasteiger partial charge < -0.3 is 19.5 Å². The third kappa shape index (κ3) is 5.78. The van der Waals surface area contributed by atoms with Crippen LogP contribution < -0.4 is 24.4 Å². The minimum Gasteiger partial charge on any atom is -0.493 e. The van der Waals surface area contributed by atoms with E-state index in [0.29, 0.717) is 40.5 Å². The zero-order valence-electron chi connectivity index (χ0n) is 26.1. The molecular weight excluding hydrogens is 564 g/mol. The van der Waals surface area contributed by atoms with Gasteiger partial charge in [-0.1, -0.05) is 61.5 Å². The second kappa shape index (κ2) is 12.9. The molecule has 230 valence electrons. The quantitative estimate of drug-likeness (QED) is 0.220. The number of Topliss-reactive ketones (excluding diaryl/α,β-unsaturated/α-hetero) is 1. The number of nitrogens with zero attached hydrogens (tertiary/aromatic N) is 1. The Morgan fingerprint density at radius 2 is 1.58 bits per heavy atom. The van der Waals surface area contributed by atoms with Crippen molar-refractivity contribution >= 4 is 23.1 Å². The molecule has 4 aromatic rings. The van der Waals surface area contributed by atoms with E-state index in [4.69, 9.17) is 14.2 Å². The lowest BCUT2D eigenvalue weighted by Gasteiger charge is -2.36. The van der Waals surface area contributed by atoms with Crippen LogP contribution >= 0.6 is 0 Å². The largest absolute Gasteiger partial charge is 0.493 e. The third-order valence-corrected chi connectivity index (χ3v) is 8.72. The molecule has 1 aliphatic heterocycles. The number of ketones is 1. The van der Waals surface area contributed by atoms with Crippen LogP contribution in [0.5, 0.6) is 17.2 Å². The van der Waals surface area contributed by atoms with E-state index >= 15 is 0 Å². The predicted octanol–water partition coefficient (Wildman–Crippen LogP) is 8.10. The van der Waals surface area contributed by atoms with E-state index in [2.05, 4.69) is 12.2 Å². The van der Waals surface area contributed by atoms with Gasteiger partial charge in [-0.25, -0.2) is 0 Å². The summed E-state index contributed by atoms with van der Waals surface area (Å²) in [7, 11) is 3.22. The smallest absolute Gasteiger partial charge is 0.259 e. The lowest BCUT2D eigenvalue weighted by atomic mass is 9.78. The summed E-state index contributed by atoms with van der Waals surface area (Å²) in [4.78, 5) is 30.9. The lowest BCUT2D eigenvalue weighted by Crippen LogP contribution is -2.38. The molecule has 3 atom stereocenters. The molecule has 1 aliphatic carbocycles. The predicted molar refractivity (Wildman–Crippen MR) is 176 cm³/mol. The molecule has 0 saturated carbocycles. The summed E-state index contributed by atoms with van der Waals surface area (Å²) >= 11 is 0. The highest BCUT2D eigenvalue weighted by molar-refractivity contribution is 6.12. The maximum absolute atomic E-state index is 14.6. The molecule has 0 bridgehead atoms. The summed E-state index contributed by atoms with van der Waals surface area (Å²) in [6.45, 7) is 4.10. The van der Waals surface area contributed by atoms with Crippen LogP contribution in [-0.2, 0) is 4.79 Å². The Kier molecular flexibility index (Phi) is 8.60. The fourth-order valence-electron chi connectivity index (χ4n) is 6.28. The standard InChI is InChI=1S/C38H38N2O5/c1-5-24(2)45-33-18-12-9-15-28(33)37-36-30(21-27(22-32(36)41)26-19-20-34(43-3)35(23-26)44-4)39-29-16-10-11-17-31(29)40(37)38(42)25-13-7-6-8-14-25/h6-20,23-24,27,37,39H,5,21-22H2,1-4H3/t24-,27+,37-/m1/s1. The molecule has 1 N–H and O–H groups in total. The third-order valence-electron chi connectivity index (χ3n) is 8.72. The highest BCUT2D eigenvalue weighted by Crippen LogP contribution is 2.50. The molecule has 0 aromatic heterocycles. The Hall–Kier alpha value is -5.04. The van der Waals surface area contributed by atoms with Crippen LogP contribution in [0.25, 0.3) is 0 Å². The number of rotatable bonds is 8. The van der Waals surface area contributed by atoms with Crippen LogP contribution in [0.1, 0.15) is 66.6 Å². The van der Waals surface area contributed by atoms with E-state index in [0.717, 1.165) is 28.9 Å². The molecule has 2 aliphatic rings. The molecule has 6 rings (SSSR count). The number of carbonyl (C=O) groups is 2. The zero-order chi connectivity index (χ0) is 31.5. The van der Waals surface area contributed by atoms with E-state index in [9.17, 15) is 9.59 Å². The number of para-hydroxylation sites is 3. The summed E-state index contributed by atoms with van der Waals surface area (Å²) in [5.74, 6) is 1.60. The fourth-order valence-corrected chi connectivity index (χ4v) is 6.28. The number of benzene rings is 4. The SMILES string of the molecule is CC[C@@H](C)Oc1ccccc1[C@@H]1C2=C(C[C@H](c3ccc(OC)c(OC)c3)CC2=O)Nc2ccccc2N1C(=O)c1ccccc1. The Bertz CT molecular complexity index is 1750. The summed E-state index contributed by atoms with van der Waals surface area (Å²) in [5, 5.41) is 3.62. The number of hydrogen-bond acceptors (Lipinski definition) is 6. The first-order valence-corrected chi connectivity index (χ1v) is 15.4. The number of allylic oxidation sites excluding steroid dienone is 1. The van der Waals surface area contributed by atoms with E-state index in [1.54, 1.807) is 19.1 Å². The van der Waals surface area contributed by atoms with Crippen molar-refractivity contribution in [2.75, 3.05) is 24.4 Å². The van der Waals surface area contributed by atoms with Gasteiger partial charge in [0.05, 0.1) is 37.7 Å². The van der Waals surface area contributed by atoms with Crippen molar-refractivity contribution in [2.45, 2.75) is 51.2 Å². The molecule has 0 fully saturated rings. The van der Waals surface area contributed by atoms with Crippen molar-refractivity contribution in [1.29, 1.82) is 0 Å². The van der Waals surface area contributed by atoms with Gasteiger partial charge in [-0.05, 0) is 73.7 Å². The van der Waals surface area contributed by atoms with Crippen LogP contribution in [-0.4, -0.2) is 32.0 Å². The maximum Gasteiger partial charge on any atom is 0.259 e. The molecule has 4 aromatic carbocycles. The van der Waals surface area contributed by atoms with E-state index in [1.807, 2.05) is 104 Å². The van der Waals surface area contributed by atoms with E-state index < -0.39 is 6.04 Å². The molecule has 7 nitrogen and oxygen atoms in total. The van der Waals surface area contributed by atoms with Gasteiger partial charge in [0.25, 0.3) is 5.91 Å². The lowest BCUT2D eigenvalue weighted by molar-refractivity contribution is -0.116. The molecule has 0 spiro atoms. The topological polar surface area (TPSA) is 77.1 Å². The molecular formula is C38H38N2O5. The number of ether oxygens (including phenoxy) is 3. The molecule has 45 heavy (non-hydrogen) atoms. The van der Waals surface area contributed by atoms with Crippen LogP contribution in [0.2, 0.25) is 0 Å². The summed E-state index contributed by atoms with van der Waals surface area (Å²) in [5.41, 5.74) is 5.12. The van der Waals surface area contributed by atoms with E-state index in [1.165, 1.54) is 0 Å². The normalized spacial score (nSPS) is 18.2. The Morgan fingerprint density at radius 1 is 0.867 bits per heavy atom. The second-order valence-corrected chi connectivity index (χ2v) is 11.5. The van der Waals surface area contributed by atoms with Crippen molar-refractivity contribution in [3.63, 3.8) is 0 Å². The minimum absolute atomic E-state index is 0.0226. The molecule has 1 amide bonds. The minimum atomic E-state index is -0.719. The highest BCUT2D eigenvalue weighted by Gasteiger charge is 2.43. The second-order valence-electron chi connectivity index (χ2n) is 11.5. The first kappa shape index (κ1) is 30.0. The Balaban J connectivity index is 1.56. The van der Waals surface area contributed by atoms with Crippen LogP contribution in [0, 0.1) is 0 Å². The van der Waals surface area contributed by atoms with Gasteiger partial charge in [-0.3, -0.25) is 14.5 Å². The first-order valence-electron chi connectivity index (χ1n) is 15.4. The van der Waals surface area contributed by atoms with Crippen molar-refractivity contribution < 1.29 is 23.8 Å². The molecule has 0 radical (unpaired) electrons. The van der Waals surface area contributed by atoms with Gasteiger partial charge >= 0.3 is 0 Å². The van der Waals surface area contributed by atoms with Crippen molar-refractivity contribution in [3.05, 3.63) is 125 Å².